The van der Waals surface area contributed by atoms with E-state index in [1.165, 1.54) is 25.4 Å². The Hall–Kier alpha value is -2.29. The van der Waals surface area contributed by atoms with E-state index in [0.29, 0.717) is 5.69 Å². The van der Waals surface area contributed by atoms with Crippen molar-refractivity contribution in [3.05, 3.63) is 29.7 Å². The summed E-state index contributed by atoms with van der Waals surface area (Å²) in [6, 6.07) is 1.27. The Labute approximate surface area is 102 Å². The van der Waals surface area contributed by atoms with Gasteiger partial charge in [0.1, 0.15) is 5.56 Å². The molecule has 0 spiro atoms. The number of sulfonamides is 1. The first kappa shape index (κ1) is 12.2. The topological polar surface area (TPSA) is 128 Å². The minimum atomic E-state index is -3.86. The van der Waals surface area contributed by atoms with Crippen LogP contribution in [0.25, 0.3) is 0 Å². The zero-order valence-corrected chi connectivity index (χ0v) is 10.1. The Morgan fingerprint density at radius 1 is 1.50 bits per heavy atom. The van der Waals surface area contributed by atoms with Crippen LogP contribution in [0.15, 0.2) is 23.5 Å². The Morgan fingerprint density at radius 2 is 2.22 bits per heavy atom. The average Bonchev–Trinajstić information content (AvgIpc) is 2.87. The van der Waals surface area contributed by atoms with Gasteiger partial charge in [-0.15, -0.1) is 0 Å². The number of hydrogen-bond acceptors (Lipinski definition) is 4. The molecule has 2 heterocycles. The quantitative estimate of drug-likeness (QED) is 0.644. The molecule has 96 valence electrons. The summed E-state index contributed by atoms with van der Waals surface area (Å²) < 4.78 is 25.9. The Kier molecular flexibility index (Phi) is 2.83. The number of carbonyl (C=O) groups is 1. The summed E-state index contributed by atoms with van der Waals surface area (Å²) in [4.78, 5) is 13.7. The van der Waals surface area contributed by atoms with Crippen molar-refractivity contribution in [3.63, 3.8) is 0 Å². The van der Waals surface area contributed by atoms with Gasteiger partial charge in [-0.3, -0.25) is 9.82 Å². The predicted molar refractivity (Wildman–Crippen MR) is 61.9 cm³/mol. The van der Waals surface area contributed by atoms with Gasteiger partial charge >= 0.3 is 5.97 Å². The SMILES string of the molecule is Cc1[nH]cc(NS(=O)(=O)c2ccn[nH]2)c1C(=O)O. The highest BCUT2D eigenvalue weighted by atomic mass is 32.2. The van der Waals surface area contributed by atoms with Crippen molar-refractivity contribution in [2.75, 3.05) is 4.72 Å². The molecule has 0 aliphatic heterocycles. The van der Waals surface area contributed by atoms with E-state index in [1.54, 1.807) is 0 Å². The maximum Gasteiger partial charge on any atom is 0.339 e. The summed E-state index contributed by atoms with van der Waals surface area (Å²) in [6.07, 6.45) is 2.57. The van der Waals surface area contributed by atoms with E-state index in [-0.39, 0.29) is 16.3 Å². The number of carboxylic acids is 1. The lowest BCUT2D eigenvalue weighted by Crippen LogP contribution is -2.15. The van der Waals surface area contributed by atoms with Gasteiger partial charge in [0.25, 0.3) is 10.0 Å². The lowest BCUT2D eigenvalue weighted by molar-refractivity contribution is 0.0697. The van der Waals surface area contributed by atoms with E-state index in [9.17, 15) is 13.2 Å². The highest BCUT2D eigenvalue weighted by Crippen LogP contribution is 2.21. The molecule has 2 aromatic heterocycles. The summed E-state index contributed by atoms with van der Waals surface area (Å²) in [5, 5.41) is 14.7. The van der Waals surface area contributed by atoms with Gasteiger partial charge in [-0.1, -0.05) is 0 Å². The fourth-order valence-electron chi connectivity index (χ4n) is 1.48. The summed E-state index contributed by atoms with van der Waals surface area (Å²) in [7, 11) is -3.86. The highest BCUT2D eigenvalue weighted by Gasteiger charge is 2.22. The van der Waals surface area contributed by atoms with Crippen molar-refractivity contribution in [2.24, 2.45) is 0 Å². The summed E-state index contributed by atoms with van der Waals surface area (Å²) in [5.74, 6) is -1.21. The number of aromatic amines is 2. The molecule has 8 nitrogen and oxygen atoms in total. The number of nitrogens with one attached hydrogen (secondary N) is 3. The lowest BCUT2D eigenvalue weighted by atomic mass is 10.2. The number of H-pyrrole nitrogens is 2. The van der Waals surface area contributed by atoms with Crippen LogP contribution < -0.4 is 4.72 Å². The van der Waals surface area contributed by atoms with E-state index in [0.717, 1.165) is 0 Å². The third kappa shape index (κ3) is 2.07. The van der Waals surface area contributed by atoms with Crippen LogP contribution in [0.5, 0.6) is 0 Å². The van der Waals surface area contributed by atoms with Crippen molar-refractivity contribution in [2.45, 2.75) is 11.9 Å². The number of anilines is 1. The molecule has 18 heavy (non-hydrogen) atoms. The fraction of sp³-hybridized carbons (Fsp3) is 0.111. The van der Waals surface area contributed by atoms with Crippen molar-refractivity contribution >= 4 is 21.7 Å². The molecule has 0 unspecified atom stereocenters. The van der Waals surface area contributed by atoms with E-state index in [1.807, 2.05) is 0 Å². The molecule has 0 atom stereocenters. The van der Waals surface area contributed by atoms with E-state index >= 15 is 0 Å². The van der Waals surface area contributed by atoms with E-state index in [2.05, 4.69) is 19.9 Å². The molecule has 9 heteroatoms. The van der Waals surface area contributed by atoms with E-state index in [4.69, 9.17) is 5.11 Å². The molecule has 0 saturated carbocycles. The molecule has 0 bridgehead atoms. The van der Waals surface area contributed by atoms with Crippen LogP contribution in [-0.4, -0.2) is 34.7 Å². The number of carboxylic acid groups (broad SMARTS) is 1. The monoisotopic (exact) mass is 270 g/mol. The number of aromatic carboxylic acids is 1. The maximum atomic E-state index is 11.9. The van der Waals surface area contributed by atoms with Crippen molar-refractivity contribution in [3.8, 4) is 0 Å². The van der Waals surface area contributed by atoms with E-state index < -0.39 is 16.0 Å². The van der Waals surface area contributed by atoms with Gasteiger partial charge in [0, 0.05) is 11.9 Å². The van der Waals surface area contributed by atoms with Crippen LogP contribution in [0, 0.1) is 6.92 Å². The van der Waals surface area contributed by atoms with Crippen molar-refractivity contribution in [1.82, 2.24) is 15.2 Å². The molecule has 0 fully saturated rings. The third-order valence-electron chi connectivity index (χ3n) is 2.30. The summed E-state index contributed by atoms with van der Waals surface area (Å²) in [5.41, 5.74) is 0.234. The number of hydrogen-bond donors (Lipinski definition) is 4. The van der Waals surface area contributed by atoms with Crippen LogP contribution in [0.1, 0.15) is 16.1 Å². The second-order valence-electron chi connectivity index (χ2n) is 3.53. The zero-order valence-electron chi connectivity index (χ0n) is 9.26. The Balaban J connectivity index is 2.39. The van der Waals surface area contributed by atoms with Crippen LogP contribution in [0.4, 0.5) is 5.69 Å². The molecule has 0 saturated heterocycles. The molecule has 2 aromatic rings. The van der Waals surface area contributed by atoms with Crippen molar-refractivity contribution < 1.29 is 18.3 Å². The summed E-state index contributed by atoms with van der Waals surface area (Å²) in [6.45, 7) is 1.54. The zero-order chi connectivity index (χ0) is 13.3. The number of aryl methyl sites for hydroxylation is 1. The normalized spacial score (nSPS) is 11.4. The minimum absolute atomic E-state index is 0.0189. The second kappa shape index (κ2) is 4.18. The van der Waals surface area contributed by atoms with Gasteiger partial charge in [0.2, 0.25) is 0 Å². The molecular weight excluding hydrogens is 260 g/mol. The number of rotatable bonds is 4. The number of nitrogens with zero attached hydrogens (tertiary/aromatic N) is 1. The molecule has 0 aromatic carbocycles. The summed E-state index contributed by atoms with van der Waals surface area (Å²) >= 11 is 0. The molecular formula is C9H10N4O4S. The smallest absolute Gasteiger partial charge is 0.339 e. The lowest BCUT2D eigenvalue weighted by Gasteiger charge is -2.05. The Morgan fingerprint density at radius 3 is 2.78 bits per heavy atom. The van der Waals surface area contributed by atoms with Gasteiger partial charge in [-0.25, -0.2) is 4.79 Å². The second-order valence-corrected chi connectivity index (χ2v) is 5.18. The largest absolute Gasteiger partial charge is 0.478 e. The molecule has 0 radical (unpaired) electrons. The fourth-order valence-corrected chi connectivity index (χ4v) is 2.45. The molecule has 0 aliphatic carbocycles. The molecule has 4 N–H and O–H groups in total. The van der Waals surface area contributed by atoms with Crippen LogP contribution in [0.3, 0.4) is 0 Å². The first-order chi connectivity index (χ1) is 8.42. The standard InChI is InChI=1S/C9H10N4O4S/c1-5-8(9(14)15)6(4-10-5)13-18(16,17)7-2-3-11-12-7/h2-4,10,13H,1H3,(H,11,12)(H,14,15). The minimum Gasteiger partial charge on any atom is -0.478 e. The van der Waals surface area contributed by atoms with Gasteiger partial charge in [0.05, 0.1) is 11.9 Å². The number of aromatic nitrogens is 3. The molecule has 0 aliphatic rings. The predicted octanol–water partition coefficient (Wildman–Crippen LogP) is 0.545. The van der Waals surface area contributed by atoms with Crippen LogP contribution in [0.2, 0.25) is 0 Å². The highest BCUT2D eigenvalue weighted by molar-refractivity contribution is 7.92. The molecule has 0 amide bonds. The van der Waals surface area contributed by atoms with Crippen LogP contribution in [-0.2, 0) is 10.0 Å². The van der Waals surface area contributed by atoms with Gasteiger partial charge in [-0.05, 0) is 13.0 Å². The third-order valence-corrected chi connectivity index (χ3v) is 3.60. The van der Waals surface area contributed by atoms with Gasteiger partial charge < -0.3 is 10.1 Å². The van der Waals surface area contributed by atoms with Crippen molar-refractivity contribution in [1.29, 1.82) is 0 Å². The molecule has 2 rings (SSSR count). The maximum absolute atomic E-state index is 11.9. The van der Waals surface area contributed by atoms with Crippen LogP contribution >= 0.6 is 0 Å². The Bertz CT molecular complexity index is 671. The first-order valence-electron chi connectivity index (χ1n) is 4.85. The average molecular weight is 270 g/mol. The van der Waals surface area contributed by atoms with Gasteiger partial charge in [-0.2, -0.15) is 13.5 Å². The van der Waals surface area contributed by atoms with Gasteiger partial charge in [0.15, 0.2) is 5.03 Å². The first-order valence-corrected chi connectivity index (χ1v) is 6.33.